The van der Waals surface area contributed by atoms with E-state index in [2.05, 4.69) is 54.3 Å². The number of allylic oxidation sites excluding steroid dienone is 3. The molecule has 92 valence electrons. The Balaban J connectivity index is 2.05. The summed E-state index contributed by atoms with van der Waals surface area (Å²) in [5.41, 5.74) is 3.47. The zero-order valence-corrected chi connectivity index (χ0v) is 11.0. The molecule has 0 N–H and O–H groups in total. The average molecular weight is 239 g/mol. The highest BCUT2D eigenvalue weighted by atomic mass is 16.5. The van der Waals surface area contributed by atoms with Gasteiger partial charge in [0.1, 0.15) is 11.5 Å². The molecule has 0 bridgehead atoms. The first kappa shape index (κ1) is 11.1. The lowest BCUT2D eigenvalue weighted by molar-refractivity contribution is 0.427. The van der Waals surface area contributed by atoms with Gasteiger partial charge in [-0.2, -0.15) is 0 Å². The Labute approximate surface area is 108 Å². The molecule has 0 spiro atoms. The third-order valence-corrected chi connectivity index (χ3v) is 3.32. The van der Waals surface area contributed by atoms with Gasteiger partial charge in [-0.25, -0.2) is 0 Å². The van der Waals surface area contributed by atoms with E-state index < -0.39 is 0 Å². The van der Waals surface area contributed by atoms with Gasteiger partial charge in [-0.3, -0.25) is 0 Å². The van der Waals surface area contributed by atoms with E-state index in [1.165, 1.54) is 5.57 Å². The zero-order valence-electron chi connectivity index (χ0n) is 11.0. The summed E-state index contributed by atoms with van der Waals surface area (Å²) in [7, 11) is 4.08. The number of anilines is 1. The highest BCUT2D eigenvalue weighted by Crippen LogP contribution is 2.36. The van der Waals surface area contributed by atoms with Crippen molar-refractivity contribution in [3.05, 3.63) is 53.3 Å². The van der Waals surface area contributed by atoms with Crippen LogP contribution >= 0.6 is 0 Å². The Morgan fingerprint density at radius 3 is 2.83 bits per heavy atom. The third kappa shape index (κ3) is 1.84. The second-order valence-electron chi connectivity index (χ2n) is 5.07. The second-order valence-corrected chi connectivity index (χ2v) is 5.07. The molecule has 1 unspecified atom stereocenters. The van der Waals surface area contributed by atoms with Gasteiger partial charge in [-0.15, -0.1) is 0 Å². The number of hydrogen-bond acceptors (Lipinski definition) is 2. The second kappa shape index (κ2) is 4.05. The Bertz CT molecular complexity index is 579. The summed E-state index contributed by atoms with van der Waals surface area (Å²) in [5, 5.41) is 0. The van der Waals surface area contributed by atoms with Crippen LogP contribution in [0.2, 0.25) is 0 Å². The van der Waals surface area contributed by atoms with Gasteiger partial charge in [-0.05, 0) is 30.2 Å². The molecule has 2 aliphatic rings. The Morgan fingerprint density at radius 2 is 2.06 bits per heavy atom. The van der Waals surface area contributed by atoms with Crippen molar-refractivity contribution in [2.24, 2.45) is 5.92 Å². The first-order valence-electron chi connectivity index (χ1n) is 6.25. The molecular formula is C16H17NO. The van der Waals surface area contributed by atoms with Crippen molar-refractivity contribution in [3.8, 4) is 5.75 Å². The Kier molecular flexibility index (Phi) is 2.51. The van der Waals surface area contributed by atoms with Gasteiger partial charge < -0.3 is 9.64 Å². The minimum Gasteiger partial charge on any atom is -0.456 e. The molecule has 1 aromatic rings. The van der Waals surface area contributed by atoms with Gasteiger partial charge in [0, 0.05) is 37.0 Å². The summed E-state index contributed by atoms with van der Waals surface area (Å²) >= 11 is 0. The van der Waals surface area contributed by atoms with Gasteiger partial charge >= 0.3 is 0 Å². The SMILES string of the molecule is CC1C=CC2=Cc3ccc(N(C)C)cc3OC2=C1. The topological polar surface area (TPSA) is 12.5 Å². The predicted molar refractivity (Wildman–Crippen MR) is 75.8 cm³/mol. The molecule has 0 saturated carbocycles. The van der Waals surface area contributed by atoms with Crippen molar-refractivity contribution >= 4 is 11.8 Å². The molecule has 1 heterocycles. The van der Waals surface area contributed by atoms with Crippen LogP contribution in [0.5, 0.6) is 5.75 Å². The average Bonchev–Trinajstić information content (AvgIpc) is 2.35. The first-order valence-corrected chi connectivity index (χ1v) is 6.25. The van der Waals surface area contributed by atoms with E-state index in [-0.39, 0.29) is 0 Å². The number of fused-ring (bicyclic) bond motifs is 2. The van der Waals surface area contributed by atoms with Crippen LogP contribution in [0.15, 0.2) is 47.8 Å². The van der Waals surface area contributed by atoms with E-state index >= 15 is 0 Å². The molecule has 1 atom stereocenters. The quantitative estimate of drug-likeness (QED) is 0.742. The molecule has 2 nitrogen and oxygen atoms in total. The van der Waals surface area contributed by atoms with Crippen LogP contribution in [0.3, 0.4) is 0 Å². The number of ether oxygens (including phenoxy) is 1. The maximum Gasteiger partial charge on any atom is 0.136 e. The van der Waals surface area contributed by atoms with E-state index in [1.54, 1.807) is 0 Å². The molecule has 0 amide bonds. The number of nitrogens with zero attached hydrogens (tertiary/aromatic N) is 1. The molecule has 1 aliphatic carbocycles. The fourth-order valence-corrected chi connectivity index (χ4v) is 2.24. The summed E-state index contributed by atoms with van der Waals surface area (Å²) in [4.78, 5) is 2.08. The monoisotopic (exact) mass is 239 g/mol. The molecule has 3 rings (SSSR count). The fraction of sp³-hybridized carbons (Fsp3) is 0.250. The normalized spacial score (nSPS) is 20.3. The summed E-state index contributed by atoms with van der Waals surface area (Å²) < 4.78 is 6.01. The van der Waals surface area contributed by atoms with E-state index in [4.69, 9.17) is 4.74 Å². The molecular weight excluding hydrogens is 222 g/mol. The van der Waals surface area contributed by atoms with Crippen LogP contribution in [0.4, 0.5) is 5.69 Å². The molecule has 0 radical (unpaired) electrons. The van der Waals surface area contributed by atoms with Gasteiger partial charge in [0.25, 0.3) is 0 Å². The van der Waals surface area contributed by atoms with Crippen molar-refractivity contribution in [3.63, 3.8) is 0 Å². The highest BCUT2D eigenvalue weighted by molar-refractivity contribution is 5.72. The standard InChI is InChI=1S/C16H17NO/c1-11-4-5-12-9-13-6-7-14(17(2)3)10-16(13)18-15(12)8-11/h4-11H,1-3H3. The van der Waals surface area contributed by atoms with Crippen LogP contribution < -0.4 is 9.64 Å². The molecule has 1 aliphatic heterocycles. The van der Waals surface area contributed by atoms with Crippen molar-refractivity contribution in [1.82, 2.24) is 0 Å². The van der Waals surface area contributed by atoms with Gasteiger partial charge in [0.15, 0.2) is 0 Å². The highest BCUT2D eigenvalue weighted by Gasteiger charge is 2.19. The van der Waals surface area contributed by atoms with Crippen LogP contribution in [-0.2, 0) is 0 Å². The van der Waals surface area contributed by atoms with Crippen LogP contribution in [-0.4, -0.2) is 14.1 Å². The minimum atomic E-state index is 0.440. The Morgan fingerprint density at radius 1 is 1.22 bits per heavy atom. The van der Waals surface area contributed by atoms with Crippen LogP contribution in [0, 0.1) is 5.92 Å². The lowest BCUT2D eigenvalue weighted by Crippen LogP contribution is -2.11. The Hall–Kier alpha value is -1.96. The summed E-state index contributed by atoms with van der Waals surface area (Å²) in [6, 6.07) is 6.32. The van der Waals surface area contributed by atoms with Crippen LogP contribution in [0.25, 0.3) is 6.08 Å². The van der Waals surface area contributed by atoms with E-state index in [0.717, 1.165) is 22.8 Å². The molecule has 18 heavy (non-hydrogen) atoms. The number of benzene rings is 1. The van der Waals surface area contributed by atoms with Crippen molar-refractivity contribution in [1.29, 1.82) is 0 Å². The lowest BCUT2D eigenvalue weighted by atomic mass is 9.96. The molecule has 1 aromatic carbocycles. The zero-order chi connectivity index (χ0) is 12.7. The van der Waals surface area contributed by atoms with Gasteiger partial charge in [-0.1, -0.05) is 19.1 Å². The predicted octanol–water partition coefficient (Wildman–Crippen LogP) is 3.62. The van der Waals surface area contributed by atoms with Crippen LogP contribution in [0.1, 0.15) is 12.5 Å². The van der Waals surface area contributed by atoms with Gasteiger partial charge in [0.05, 0.1) is 0 Å². The maximum absolute atomic E-state index is 6.01. The largest absolute Gasteiger partial charge is 0.456 e. The van der Waals surface area contributed by atoms with Gasteiger partial charge in [0.2, 0.25) is 0 Å². The lowest BCUT2D eigenvalue weighted by Gasteiger charge is -2.24. The summed E-state index contributed by atoms with van der Waals surface area (Å²) in [6.07, 6.45) is 8.68. The fourth-order valence-electron chi connectivity index (χ4n) is 2.24. The summed E-state index contributed by atoms with van der Waals surface area (Å²) in [6.45, 7) is 2.16. The maximum atomic E-state index is 6.01. The van der Waals surface area contributed by atoms with Crippen molar-refractivity contribution in [2.45, 2.75) is 6.92 Å². The smallest absolute Gasteiger partial charge is 0.136 e. The first-order chi connectivity index (χ1) is 8.63. The molecule has 2 heteroatoms. The van der Waals surface area contributed by atoms with E-state index in [0.29, 0.717) is 5.92 Å². The molecule has 0 saturated heterocycles. The van der Waals surface area contributed by atoms with Crippen molar-refractivity contribution < 1.29 is 4.74 Å². The molecule has 0 aromatic heterocycles. The third-order valence-electron chi connectivity index (χ3n) is 3.32. The minimum absolute atomic E-state index is 0.440. The summed E-state index contributed by atoms with van der Waals surface area (Å²) in [5.74, 6) is 2.36. The van der Waals surface area contributed by atoms with E-state index in [1.807, 2.05) is 14.1 Å². The number of hydrogen-bond donors (Lipinski definition) is 0. The van der Waals surface area contributed by atoms with Crippen molar-refractivity contribution in [2.75, 3.05) is 19.0 Å². The number of rotatable bonds is 1. The molecule has 0 fully saturated rings. The van der Waals surface area contributed by atoms with E-state index in [9.17, 15) is 0 Å².